The Labute approximate surface area is 178 Å². The Kier molecular flexibility index (Phi) is 6.10. The molecule has 0 aliphatic heterocycles. The van der Waals surface area contributed by atoms with Gasteiger partial charge in [-0.05, 0) is 65.0 Å². The maximum Gasteiger partial charge on any atom is 0.256 e. The Morgan fingerprint density at radius 1 is 1.10 bits per heavy atom. The molecule has 1 atom stereocenters. The molecule has 0 saturated carbocycles. The van der Waals surface area contributed by atoms with Gasteiger partial charge in [0.15, 0.2) is 0 Å². The van der Waals surface area contributed by atoms with E-state index in [2.05, 4.69) is 15.7 Å². The molecule has 152 valence electrons. The molecule has 0 unspecified atom stereocenters. The molecule has 0 saturated heterocycles. The van der Waals surface area contributed by atoms with Crippen molar-refractivity contribution < 1.29 is 9.59 Å². The zero-order chi connectivity index (χ0) is 21.3. The molecule has 0 aliphatic rings. The first-order valence-electron chi connectivity index (χ1n) is 9.17. The van der Waals surface area contributed by atoms with E-state index in [1.54, 1.807) is 41.1 Å². The molecule has 2 heterocycles. The minimum atomic E-state index is -0.482. The van der Waals surface area contributed by atoms with Gasteiger partial charge in [-0.15, -0.1) is 11.3 Å². The van der Waals surface area contributed by atoms with E-state index in [1.165, 1.54) is 0 Å². The monoisotopic (exact) mass is 430 g/mol. The first-order chi connectivity index (χ1) is 13.7. The van der Waals surface area contributed by atoms with Crippen molar-refractivity contribution in [2.45, 2.75) is 40.7 Å². The Bertz CT molecular complexity index is 1090. The summed E-state index contributed by atoms with van der Waals surface area (Å²) in [5.74, 6) is -0.405. The number of nitrogens with zero attached hydrogens (tertiary/aromatic N) is 2. The molecular weight excluding hydrogens is 408 g/mol. The molecule has 2 aromatic heterocycles. The van der Waals surface area contributed by atoms with E-state index in [4.69, 9.17) is 11.6 Å². The number of thiophene rings is 1. The molecule has 0 radical (unpaired) electrons. The highest BCUT2D eigenvalue weighted by atomic mass is 35.5. The number of halogens is 1. The lowest BCUT2D eigenvalue weighted by atomic mass is 10.2. The number of amides is 2. The summed E-state index contributed by atoms with van der Waals surface area (Å²) in [6.07, 6.45) is 0. The van der Waals surface area contributed by atoms with E-state index in [0.29, 0.717) is 22.0 Å². The normalized spacial score (nSPS) is 11.9. The fourth-order valence-corrected chi connectivity index (χ4v) is 4.28. The summed E-state index contributed by atoms with van der Waals surface area (Å²) in [4.78, 5) is 27.1. The molecule has 0 spiro atoms. The largest absolute Gasteiger partial charge is 0.323 e. The molecule has 6 nitrogen and oxygen atoms in total. The number of benzene rings is 1. The number of rotatable bonds is 5. The lowest BCUT2D eigenvalue weighted by Crippen LogP contribution is -2.25. The summed E-state index contributed by atoms with van der Waals surface area (Å²) in [5.41, 5.74) is 3.46. The van der Waals surface area contributed by atoms with E-state index in [9.17, 15) is 9.59 Å². The number of aromatic nitrogens is 2. The molecule has 0 aliphatic carbocycles. The number of anilines is 2. The Balaban J connectivity index is 1.70. The molecule has 8 heteroatoms. The van der Waals surface area contributed by atoms with Crippen LogP contribution in [-0.4, -0.2) is 21.6 Å². The summed E-state index contributed by atoms with van der Waals surface area (Å²) >= 11 is 7.92. The van der Waals surface area contributed by atoms with Crippen LogP contribution in [0.2, 0.25) is 5.02 Å². The smallest absolute Gasteiger partial charge is 0.256 e. The molecular formula is C21H23ClN4O2S. The van der Waals surface area contributed by atoms with Crippen molar-refractivity contribution in [3.05, 3.63) is 62.1 Å². The van der Waals surface area contributed by atoms with Gasteiger partial charge in [0.25, 0.3) is 5.91 Å². The van der Waals surface area contributed by atoms with Gasteiger partial charge in [-0.25, -0.2) is 0 Å². The quantitative estimate of drug-likeness (QED) is 0.577. The van der Waals surface area contributed by atoms with E-state index in [0.717, 1.165) is 21.1 Å². The second-order valence-electron chi connectivity index (χ2n) is 7.01. The number of carbonyl (C=O) groups is 2. The summed E-state index contributed by atoms with van der Waals surface area (Å²) in [6, 6.07) is 8.32. The highest BCUT2D eigenvalue weighted by Gasteiger charge is 2.19. The minimum Gasteiger partial charge on any atom is -0.323 e. The lowest BCUT2D eigenvalue weighted by molar-refractivity contribution is -0.119. The standard InChI is InChI=1S/C21H23ClN4O2S/c1-11-8-12(2)26(25-11)14(4)20(27)24-19-7-6-16(10-18(19)22)23-21(28)17-9-13(3)29-15(17)5/h6-10,14H,1-5H3,(H,23,28)(H,24,27)/t14-/m0/s1. The third-order valence-electron chi connectivity index (χ3n) is 4.56. The molecule has 3 rings (SSSR count). The van der Waals surface area contributed by atoms with Crippen molar-refractivity contribution in [3.63, 3.8) is 0 Å². The van der Waals surface area contributed by atoms with E-state index in [-0.39, 0.29) is 11.8 Å². The second-order valence-corrected chi connectivity index (χ2v) is 8.88. The number of hydrogen-bond acceptors (Lipinski definition) is 4. The van der Waals surface area contributed by atoms with E-state index < -0.39 is 6.04 Å². The first-order valence-corrected chi connectivity index (χ1v) is 10.4. The first kappa shape index (κ1) is 21.1. The summed E-state index contributed by atoms with van der Waals surface area (Å²) in [5, 5.41) is 10.4. The van der Waals surface area contributed by atoms with Crippen LogP contribution in [0.1, 0.15) is 44.5 Å². The fourth-order valence-electron chi connectivity index (χ4n) is 3.14. The highest BCUT2D eigenvalue weighted by molar-refractivity contribution is 7.12. The Morgan fingerprint density at radius 2 is 1.83 bits per heavy atom. The van der Waals surface area contributed by atoms with Crippen LogP contribution in [0.25, 0.3) is 0 Å². The molecule has 1 aromatic carbocycles. The molecule has 2 N–H and O–H groups in total. The van der Waals surface area contributed by atoms with Crippen molar-refractivity contribution in [1.29, 1.82) is 0 Å². The predicted octanol–water partition coefficient (Wildman–Crippen LogP) is 5.28. The number of aryl methyl sites for hydroxylation is 4. The zero-order valence-electron chi connectivity index (χ0n) is 17.0. The van der Waals surface area contributed by atoms with Gasteiger partial charge in [-0.1, -0.05) is 11.6 Å². The molecule has 29 heavy (non-hydrogen) atoms. The van der Waals surface area contributed by atoms with Gasteiger partial charge in [0, 0.05) is 21.1 Å². The van der Waals surface area contributed by atoms with Gasteiger partial charge in [0.2, 0.25) is 5.91 Å². The van der Waals surface area contributed by atoms with Gasteiger partial charge >= 0.3 is 0 Å². The predicted molar refractivity (Wildman–Crippen MR) is 118 cm³/mol. The highest BCUT2D eigenvalue weighted by Crippen LogP contribution is 2.28. The fraction of sp³-hybridized carbons (Fsp3) is 0.286. The van der Waals surface area contributed by atoms with Crippen LogP contribution in [0.15, 0.2) is 30.3 Å². The maximum absolute atomic E-state index is 12.6. The van der Waals surface area contributed by atoms with Gasteiger partial charge in [-0.3, -0.25) is 14.3 Å². The zero-order valence-corrected chi connectivity index (χ0v) is 18.5. The van der Waals surface area contributed by atoms with Gasteiger partial charge in [0.1, 0.15) is 6.04 Å². The van der Waals surface area contributed by atoms with Crippen LogP contribution in [0.5, 0.6) is 0 Å². The van der Waals surface area contributed by atoms with Crippen LogP contribution in [0.4, 0.5) is 11.4 Å². The van der Waals surface area contributed by atoms with Gasteiger partial charge < -0.3 is 10.6 Å². The second kappa shape index (κ2) is 8.39. The number of nitrogens with one attached hydrogen (secondary N) is 2. The third-order valence-corrected chi connectivity index (χ3v) is 5.84. The van der Waals surface area contributed by atoms with Crippen molar-refractivity contribution in [3.8, 4) is 0 Å². The van der Waals surface area contributed by atoms with Crippen LogP contribution in [0.3, 0.4) is 0 Å². The maximum atomic E-state index is 12.6. The molecule has 2 amide bonds. The van der Waals surface area contributed by atoms with Gasteiger partial charge in [0.05, 0.1) is 22.0 Å². The van der Waals surface area contributed by atoms with Crippen molar-refractivity contribution >= 4 is 46.1 Å². The molecule has 3 aromatic rings. The number of carbonyl (C=O) groups excluding carboxylic acids is 2. The topological polar surface area (TPSA) is 76.0 Å². The molecule has 0 fully saturated rings. The average Bonchev–Trinajstić information content (AvgIpc) is 3.16. The average molecular weight is 431 g/mol. The lowest BCUT2D eigenvalue weighted by Gasteiger charge is -2.16. The minimum absolute atomic E-state index is 0.183. The van der Waals surface area contributed by atoms with Crippen LogP contribution >= 0.6 is 22.9 Å². The molecule has 0 bridgehead atoms. The van der Waals surface area contributed by atoms with Crippen molar-refractivity contribution in [1.82, 2.24) is 9.78 Å². The Hall–Kier alpha value is -2.64. The van der Waals surface area contributed by atoms with Crippen molar-refractivity contribution in [2.24, 2.45) is 0 Å². The Morgan fingerprint density at radius 3 is 2.38 bits per heavy atom. The van der Waals surface area contributed by atoms with Crippen molar-refractivity contribution in [2.75, 3.05) is 10.6 Å². The van der Waals surface area contributed by atoms with E-state index >= 15 is 0 Å². The summed E-state index contributed by atoms with van der Waals surface area (Å²) in [6.45, 7) is 9.46. The number of hydrogen-bond donors (Lipinski definition) is 2. The van der Waals surface area contributed by atoms with E-state index in [1.807, 2.05) is 39.8 Å². The summed E-state index contributed by atoms with van der Waals surface area (Å²) in [7, 11) is 0. The van der Waals surface area contributed by atoms with Crippen LogP contribution in [0, 0.1) is 27.7 Å². The SMILES string of the molecule is Cc1cc(C)n([C@@H](C)C(=O)Nc2ccc(NC(=O)c3cc(C)sc3C)cc2Cl)n1. The third kappa shape index (κ3) is 4.68. The van der Waals surface area contributed by atoms with Gasteiger partial charge in [-0.2, -0.15) is 5.10 Å². The van der Waals surface area contributed by atoms with Crippen LogP contribution < -0.4 is 10.6 Å². The van der Waals surface area contributed by atoms with Crippen LogP contribution in [-0.2, 0) is 4.79 Å². The summed E-state index contributed by atoms with van der Waals surface area (Å²) < 4.78 is 1.68.